The Morgan fingerprint density at radius 3 is 2.08 bits per heavy atom. The van der Waals surface area contributed by atoms with Crippen molar-refractivity contribution < 1.29 is 42.9 Å². The molecule has 2 aromatic heterocycles. The molecule has 1 aliphatic carbocycles. The van der Waals surface area contributed by atoms with Gasteiger partial charge in [-0.25, -0.2) is 9.78 Å². The molecule has 0 saturated heterocycles. The normalized spacial score (nSPS) is 16.0. The maximum atomic E-state index is 13.7. The van der Waals surface area contributed by atoms with Crippen LogP contribution in [0.2, 0.25) is 0 Å². The van der Waals surface area contributed by atoms with Gasteiger partial charge in [0.2, 0.25) is 23.6 Å². The minimum Gasteiger partial charge on any atom is -0.472 e. The molecule has 65 heavy (non-hydrogen) atoms. The number of aromatic nitrogens is 4. The standard InChI is InChI=1S/C44H78N12O9/c1-6-7-11-34-52-38-39(43(65-30(4)5)55-54-40(38)46)56(34)28-32-16-14-31(15-17-32)27-50-41(59)33(10-9-19-49-44(47)61)51-42(60)37(29(2)3)53-36(58)13-8-12-35(57)48-20-22-63-24-26-64-25-23-62-21-18-45/h29-33,37H,6-28,45H2,1-5H3,(H2,46,54)(H,48,57)(H,50,59)(H,51,60)(H,53,58)(H3,47,49,61)/t31?,32?,33-,37-/m0/s1. The molecule has 1 aliphatic rings. The Bertz CT molecular complexity index is 1750. The Balaban J connectivity index is 1.49. The summed E-state index contributed by atoms with van der Waals surface area (Å²) >= 11 is 0. The molecule has 21 nitrogen and oxygen atoms in total. The van der Waals surface area contributed by atoms with E-state index in [1.165, 1.54) is 0 Å². The number of carbonyl (C=O) groups excluding carboxylic acids is 5. The molecule has 0 aliphatic heterocycles. The number of hydrogen-bond donors (Lipinski definition) is 8. The monoisotopic (exact) mass is 919 g/mol. The highest BCUT2D eigenvalue weighted by atomic mass is 16.5. The number of nitrogen functional groups attached to an aromatic ring is 1. The Hall–Kier alpha value is -4.86. The van der Waals surface area contributed by atoms with E-state index < -0.39 is 24.0 Å². The van der Waals surface area contributed by atoms with Gasteiger partial charge in [0.15, 0.2) is 5.82 Å². The van der Waals surface area contributed by atoms with Gasteiger partial charge in [0.25, 0.3) is 5.88 Å². The quantitative estimate of drug-likeness (QED) is 0.0474. The number of nitrogens with zero attached hydrogens (tertiary/aromatic N) is 4. The van der Waals surface area contributed by atoms with Crippen LogP contribution in [0.25, 0.3) is 11.0 Å². The number of carbonyl (C=O) groups is 5. The van der Waals surface area contributed by atoms with Crippen LogP contribution in [0, 0.1) is 17.8 Å². The van der Waals surface area contributed by atoms with Crippen LogP contribution in [-0.4, -0.2) is 133 Å². The Kier molecular flexibility index (Phi) is 25.4. The van der Waals surface area contributed by atoms with Crippen molar-refractivity contribution in [2.24, 2.45) is 29.2 Å². The lowest BCUT2D eigenvalue weighted by molar-refractivity contribution is -0.133. The van der Waals surface area contributed by atoms with Crippen LogP contribution in [0.3, 0.4) is 0 Å². The zero-order chi connectivity index (χ0) is 47.6. The van der Waals surface area contributed by atoms with E-state index in [9.17, 15) is 24.0 Å². The second-order valence-corrected chi connectivity index (χ2v) is 17.2. The van der Waals surface area contributed by atoms with Crippen molar-refractivity contribution in [3.63, 3.8) is 0 Å². The van der Waals surface area contributed by atoms with Crippen molar-refractivity contribution in [3.05, 3.63) is 5.82 Å². The molecule has 1 fully saturated rings. The van der Waals surface area contributed by atoms with Crippen molar-refractivity contribution in [1.29, 1.82) is 0 Å². The third-order valence-electron chi connectivity index (χ3n) is 11.1. The molecular weight excluding hydrogens is 841 g/mol. The topological polar surface area (TPSA) is 304 Å². The zero-order valence-corrected chi connectivity index (χ0v) is 39.4. The van der Waals surface area contributed by atoms with Gasteiger partial charge in [-0.15, -0.1) is 10.2 Å². The predicted molar refractivity (Wildman–Crippen MR) is 246 cm³/mol. The number of primary amides is 1. The van der Waals surface area contributed by atoms with Gasteiger partial charge in [0.1, 0.15) is 28.9 Å². The molecule has 0 radical (unpaired) electrons. The molecule has 0 unspecified atom stereocenters. The average molecular weight is 919 g/mol. The summed E-state index contributed by atoms with van der Waals surface area (Å²) in [5.41, 5.74) is 18.3. The highest BCUT2D eigenvalue weighted by Crippen LogP contribution is 2.34. The number of ether oxygens (including phenoxy) is 4. The second-order valence-electron chi connectivity index (χ2n) is 17.2. The van der Waals surface area contributed by atoms with Gasteiger partial charge in [0.05, 0.1) is 45.7 Å². The fraction of sp³-hybridized carbons (Fsp3) is 0.773. The van der Waals surface area contributed by atoms with Gasteiger partial charge >= 0.3 is 6.03 Å². The second kappa shape index (κ2) is 30.4. The number of nitrogens with two attached hydrogens (primary N) is 3. The van der Waals surface area contributed by atoms with Crippen molar-refractivity contribution in [3.8, 4) is 5.88 Å². The first-order valence-electron chi connectivity index (χ1n) is 23.5. The van der Waals surface area contributed by atoms with Crippen molar-refractivity contribution in [2.45, 2.75) is 136 Å². The van der Waals surface area contributed by atoms with E-state index in [-0.39, 0.29) is 73.7 Å². The van der Waals surface area contributed by atoms with Gasteiger partial charge in [0, 0.05) is 52.0 Å². The number of urea groups is 1. The predicted octanol–water partition coefficient (Wildman–Crippen LogP) is 1.83. The molecule has 0 bridgehead atoms. The van der Waals surface area contributed by atoms with Crippen LogP contribution in [0.5, 0.6) is 5.88 Å². The summed E-state index contributed by atoms with van der Waals surface area (Å²) in [7, 11) is 0. The fourth-order valence-electron chi connectivity index (χ4n) is 7.57. The summed E-state index contributed by atoms with van der Waals surface area (Å²) in [6.45, 7) is 14.4. The molecule has 2 aromatic rings. The number of rotatable bonds is 33. The summed E-state index contributed by atoms with van der Waals surface area (Å²) in [5, 5.41) is 22.4. The maximum Gasteiger partial charge on any atom is 0.312 e. The number of anilines is 1. The summed E-state index contributed by atoms with van der Waals surface area (Å²) in [6.07, 6.45) is 7.47. The summed E-state index contributed by atoms with van der Waals surface area (Å²) < 4.78 is 24.3. The SMILES string of the molecule is CCCCc1nc2c(N)nnc(OC(C)C)c2n1CC1CCC(CNC(=O)[C@H](CCCNC(N)=O)NC(=O)[C@@H](NC(=O)CCCC(=O)NCCOCCOCCOCCN)C(C)C)CC1. The van der Waals surface area contributed by atoms with Gasteiger partial charge in [-0.1, -0.05) is 27.2 Å². The van der Waals surface area contributed by atoms with Crippen LogP contribution in [0.15, 0.2) is 0 Å². The lowest BCUT2D eigenvalue weighted by atomic mass is 9.82. The zero-order valence-electron chi connectivity index (χ0n) is 39.4. The van der Waals surface area contributed by atoms with Crippen LogP contribution < -0.4 is 48.5 Å². The van der Waals surface area contributed by atoms with Crippen molar-refractivity contribution in [2.75, 3.05) is 71.6 Å². The number of unbranched alkanes of at least 4 members (excludes halogenated alkanes) is 1. The first kappa shape index (κ1) is 54.5. The average Bonchev–Trinajstić information content (AvgIpc) is 3.63. The van der Waals surface area contributed by atoms with E-state index in [4.69, 9.17) is 41.1 Å². The number of nitrogens with one attached hydrogen (secondary N) is 5. The molecule has 11 N–H and O–H groups in total. The molecule has 368 valence electrons. The first-order valence-corrected chi connectivity index (χ1v) is 23.5. The molecule has 21 heteroatoms. The molecule has 0 spiro atoms. The number of hydrogen-bond acceptors (Lipinski definition) is 14. The van der Waals surface area contributed by atoms with E-state index >= 15 is 0 Å². The number of aryl methyl sites for hydroxylation is 1. The first-order chi connectivity index (χ1) is 31.2. The third-order valence-corrected chi connectivity index (χ3v) is 11.1. The van der Waals surface area contributed by atoms with E-state index in [1.807, 2.05) is 13.8 Å². The van der Waals surface area contributed by atoms with Crippen molar-refractivity contribution in [1.82, 2.24) is 46.3 Å². The molecular formula is C44H78N12O9. The van der Waals surface area contributed by atoms with Crippen LogP contribution in [0.1, 0.15) is 111 Å². The minimum atomic E-state index is -0.920. The van der Waals surface area contributed by atoms with Crippen LogP contribution in [0.4, 0.5) is 10.6 Å². The lowest BCUT2D eigenvalue weighted by Gasteiger charge is -2.30. The molecule has 1 saturated carbocycles. The molecule has 3 rings (SSSR count). The third kappa shape index (κ3) is 20.5. The van der Waals surface area contributed by atoms with Crippen LogP contribution >= 0.6 is 0 Å². The molecule has 6 amide bonds. The van der Waals surface area contributed by atoms with E-state index in [0.29, 0.717) is 83.0 Å². The Morgan fingerprint density at radius 2 is 1.43 bits per heavy atom. The van der Waals surface area contributed by atoms with E-state index in [1.54, 1.807) is 13.8 Å². The number of fused-ring (bicyclic) bond motifs is 1. The van der Waals surface area contributed by atoms with Gasteiger partial charge < -0.3 is 67.3 Å². The molecule has 0 aromatic carbocycles. The number of amides is 6. The highest BCUT2D eigenvalue weighted by molar-refractivity contribution is 5.92. The largest absolute Gasteiger partial charge is 0.472 e. The van der Waals surface area contributed by atoms with E-state index in [2.05, 4.69) is 48.3 Å². The number of imidazole rings is 1. The van der Waals surface area contributed by atoms with Gasteiger partial charge in [-0.2, -0.15) is 0 Å². The molecule has 2 atom stereocenters. The van der Waals surface area contributed by atoms with Crippen molar-refractivity contribution >= 4 is 46.5 Å². The Morgan fingerprint density at radius 1 is 0.769 bits per heavy atom. The smallest absolute Gasteiger partial charge is 0.312 e. The molecule has 2 heterocycles. The highest BCUT2D eigenvalue weighted by Gasteiger charge is 2.30. The lowest BCUT2D eigenvalue weighted by Crippen LogP contribution is -2.55. The Labute approximate surface area is 383 Å². The maximum absolute atomic E-state index is 13.7. The van der Waals surface area contributed by atoms with E-state index in [0.717, 1.165) is 62.8 Å². The van der Waals surface area contributed by atoms with Gasteiger partial charge in [-0.05, 0) is 83.0 Å². The summed E-state index contributed by atoms with van der Waals surface area (Å²) in [4.78, 5) is 68.8. The summed E-state index contributed by atoms with van der Waals surface area (Å²) in [6, 6.07) is -2.52. The summed E-state index contributed by atoms with van der Waals surface area (Å²) in [5.74, 6) is 0.529. The fourth-order valence-corrected chi connectivity index (χ4v) is 7.57. The van der Waals surface area contributed by atoms with Gasteiger partial charge in [-0.3, -0.25) is 19.2 Å². The minimum absolute atomic E-state index is 0.0353. The van der Waals surface area contributed by atoms with Crippen LogP contribution in [-0.2, 0) is 46.4 Å².